The summed E-state index contributed by atoms with van der Waals surface area (Å²) in [6.45, 7) is 6.57. The number of esters is 1. The molecule has 0 unspecified atom stereocenters. The molecule has 1 heterocycles. The van der Waals surface area contributed by atoms with Gasteiger partial charge < -0.3 is 19.5 Å². The Hall–Kier alpha value is -0.650. The molecule has 1 saturated heterocycles. The molecule has 1 aliphatic carbocycles. The van der Waals surface area contributed by atoms with E-state index in [4.69, 9.17) is 14.2 Å². The summed E-state index contributed by atoms with van der Waals surface area (Å²) in [5.41, 5.74) is 0. The third kappa shape index (κ3) is 3.46. The topological polar surface area (TPSA) is 56.8 Å². The summed E-state index contributed by atoms with van der Waals surface area (Å²) in [4.78, 5) is 12.1. The predicted molar refractivity (Wildman–Crippen MR) is 70.7 cm³/mol. The van der Waals surface area contributed by atoms with Crippen molar-refractivity contribution in [1.82, 2.24) is 5.32 Å². The Kier molecular flexibility index (Phi) is 5.19. The standard InChI is InChI=1S/C14H25NO4/c1-3-7-15-12-5-6-14(18-8-9-19-14)10-11(12)13(16)17-4-2/h11-12,15H,3-10H2,1-2H3/t11-,12-/m0/s1. The monoisotopic (exact) mass is 271 g/mol. The van der Waals surface area contributed by atoms with Crippen LogP contribution in [-0.4, -0.2) is 44.2 Å². The van der Waals surface area contributed by atoms with Crippen molar-refractivity contribution in [2.75, 3.05) is 26.4 Å². The molecule has 1 saturated carbocycles. The van der Waals surface area contributed by atoms with Crippen LogP contribution in [0.4, 0.5) is 0 Å². The smallest absolute Gasteiger partial charge is 0.310 e. The second-order valence-corrected chi connectivity index (χ2v) is 5.27. The highest BCUT2D eigenvalue weighted by molar-refractivity contribution is 5.73. The lowest BCUT2D eigenvalue weighted by atomic mass is 9.80. The van der Waals surface area contributed by atoms with E-state index in [1.54, 1.807) is 0 Å². The Balaban J connectivity index is 2.02. The molecular formula is C14H25NO4. The van der Waals surface area contributed by atoms with E-state index in [1.165, 1.54) is 0 Å². The fourth-order valence-corrected chi connectivity index (χ4v) is 2.99. The number of rotatable bonds is 5. The van der Waals surface area contributed by atoms with Gasteiger partial charge in [0, 0.05) is 18.9 Å². The normalized spacial score (nSPS) is 29.6. The number of hydrogen-bond acceptors (Lipinski definition) is 5. The molecule has 0 aromatic carbocycles. The molecule has 1 aliphatic heterocycles. The number of hydrogen-bond donors (Lipinski definition) is 1. The summed E-state index contributed by atoms with van der Waals surface area (Å²) in [5.74, 6) is -0.838. The van der Waals surface area contributed by atoms with Crippen molar-refractivity contribution >= 4 is 5.97 Å². The van der Waals surface area contributed by atoms with Crippen LogP contribution in [0, 0.1) is 5.92 Å². The number of carbonyl (C=O) groups is 1. The zero-order valence-electron chi connectivity index (χ0n) is 11.9. The Labute approximate surface area is 115 Å². The van der Waals surface area contributed by atoms with E-state index in [1.807, 2.05) is 6.92 Å². The lowest BCUT2D eigenvalue weighted by molar-refractivity contribution is -0.198. The molecule has 0 amide bonds. The van der Waals surface area contributed by atoms with Gasteiger partial charge >= 0.3 is 5.97 Å². The minimum atomic E-state index is -0.540. The first kappa shape index (κ1) is 14.8. The third-order valence-electron chi connectivity index (χ3n) is 3.91. The highest BCUT2D eigenvalue weighted by Crippen LogP contribution is 2.39. The second kappa shape index (κ2) is 6.68. The SMILES string of the molecule is CCCN[C@H]1CCC2(C[C@@H]1C(=O)OCC)OCCO2. The lowest BCUT2D eigenvalue weighted by Gasteiger charge is -2.40. The molecule has 0 aromatic rings. The molecule has 0 aromatic heterocycles. The Morgan fingerprint density at radius 3 is 2.74 bits per heavy atom. The van der Waals surface area contributed by atoms with Crippen LogP contribution >= 0.6 is 0 Å². The van der Waals surface area contributed by atoms with Crippen molar-refractivity contribution in [3.63, 3.8) is 0 Å². The van der Waals surface area contributed by atoms with Crippen LogP contribution in [0.15, 0.2) is 0 Å². The first-order valence-electron chi connectivity index (χ1n) is 7.38. The van der Waals surface area contributed by atoms with Gasteiger partial charge in [-0.15, -0.1) is 0 Å². The highest BCUT2D eigenvalue weighted by Gasteiger charge is 2.47. The van der Waals surface area contributed by atoms with E-state index < -0.39 is 5.79 Å². The Bertz CT molecular complexity index is 302. The van der Waals surface area contributed by atoms with Crippen molar-refractivity contribution < 1.29 is 19.0 Å². The minimum absolute atomic E-state index is 0.130. The maximum Gasteiger partial charge on any atom is 0.310 e. The van der Waals surface area contributed by atoms with Crippen molar-refractivity contribution in [2.45, 2.75) is 51.4 Å². The molecule has 5 heteroatoms. The van der Waals surface area contributed by atoms with Gasteiger partial charge in [-0.25, -0.2) is 0 Å². The molecule has 0 bridgehead atoms. The average Bonchev–Trinajstić information content (AvgIpc) is 2.86. The van der Waals surface area contributed by atoms with Gasteiger partial charge in [0.05, 0.1) is 25.7 Å². The Morgan fingerprint density at radius 2 is 2.11 bits per heavy atom. The van der Waals surface area contributed by atoms with Crippen LogP contribution in [-0.2, 0) is 19.0 Å². The van der Waals surface area contributed by atoms with E-state index in [2.05, 4.69) is 12.2 Å². The molecule has 0 radical (unpaired) electrons. The number of nitrogens with one attached hydrogen (secondary N) is 1. The number of ether oxygens (including phenoxy) is 3. The van der Waals surface area contributed by atoms with Crippen LogP contribution in [0.5, 0.6) is 0 Å². The predicted octanol–water partition coefficient (Wildman–Crippen LogP) is 1.46. The second-order valence-electron chi connectivity index (χ2n) is 5.27. The molecule has 19 heavy (non-hydrogen) atoms. The highest BCUT2D eigenvalue weighted by atomic mass is 16.7. The van der Waals surface area contributed by atoms with E-state index in [-0.39, 0.29) is 17.9 Å². The van der Waals surface area contributed by atoms with Gasteiger partial charge in [0.15, 0.2) is 5.79 Å². The Morgan fingerprint density at radius 1 is 1.37 bits per heavy atom. The fourth-order valence-electron chi connectivity index (χ4n) is 2.99. The zero-order chi connectivity index (χ0) is 13.7. The van der Waals surface area contributed by atoms with Crippen LogP contribution in [0.3, 0.4) is 0 Å². The van der Waals surface area contributed by atoms with Gasteiger partial charge in [-0.3, -0.25) is 4.79 Å². The van der Waals surface area contributed by atoms with Gasteiger partial charge in [-0.2, -0.15) is 0 Å². The molecular weight excluding hydrogens is 246 g/mol. The van der Waals surface area contributed by atoms with E-state index >= 15 is 0 Å². The van der Waals surface area contributed by atoms with Gasteiger partial charge in [0.1, 0.15) is 0 Å². The van der Waals surface area contributed by atoms with Gasteiger partial charge in [0.2, 0.25) is 0 Å². The summed E-state index contributed by atoms with van der Waals surface area (Å²) in [6.07, 6.45) is 3.41. The van der Waals surface area contributed by atoms with Crippen molar-refractivity contribution in [2.24, 2.45) is 5.92 Å². The van der Waals surface area contributed by atoms with Gasteiger partial charge in [0.25, 0.3) is 0 Å². The maximum absolute atomic E-state index is 12.1. The van der Waals surface area contributed by atoms with Crippen molar-refractivity contribution in [1.29, 1.82) is 0 Å². The largest absolute Gasteiger partial charge is 0.466 e. The lowest BCUT2D eigenvalue weighted by Crippen LogP contribution is -2.51. The molecule has 110 valence electrons. The van der Waals surface area contributed by atoms with Gasteiger partial charge in [-0.1, -0.05) is 6.92 Å². The molecule has 2 aliphatic rings. The summed E-state index contributed by atoms with van der Waals surface area (Å²) >= 11 is 0. The van der Waals surface area contributed by atoms with Gasteiger partial charge in [-0.05, 0) is 26.3 Å². The van der Waals surface area contributed by atoms with E-state index in [9.17, 15) is 4.79 Å². The molecule has 2 rings (SSSR count). The van der Waals surface area contributed by atoms with Crippen LogP contribution in [0.1, 0.15) is 39.5 Å². The fraction of sp³-hybridized carbons (Fsp3) is 0.929. The summed E-state index contributed by atoms with van der Waals surface area (Å²) in [7, 11) is 0. The van der Waals surface area contributed by atoms with Crippen LogP contribution in [0.2, 0.25) is 0 Å². The molecule has 1 N–H and O–H groups in total. The summed E-state index contributed by atoms with van der Waals surface area (Å²) < 4.78 is 16.7. The van der Waals surface area contributed by atoms with E-state index in [0.29, 0.717) is 26.2 Å². The zero-order valence-corrected chi connectivity index (χ0v) is 11.9. The number of carbonyl (C=O) groups excluding carboxylic acids is 1. The van der Waals surface area contributed by atoms with Crippen LogP contribution < -0.4 is 5.32 Å². The van der Waals surface area contributed by atoms with Crippen molar-refractivity contribution in [3.05, 3.63) is 0 Å². The quantitative estimate of drug-likeness (QED) is 0.767. The molecule has 2 atom stereocenters. The molecule has 1 spiro atoms. The molecule has 2 fully saturated rings. The molecule has 5 nitrogen and oxygen atoms in total. The maximum atomic E-state index is 12.1. The summed E-state index contributed by atoms with van der Waals surface area (Å²) in [6, 6.07) is 0.178. The summed E-state index contributed by atoms with van der Waals surface area (Å²) in [5, 5.41) is 3.46. The van der Waals surface area contributed by atoms with Crippen molar-refractivity contribution in [3.8, 4) is 0 Å². The van der Waals surface area contributed by atoms with Crippen LogP contribution in [0.25, 0.3) is 0 Å². The third-order valence-corrected chi connectivity index (χ3v) is 3.91. The first-order chi connectivity index (χ1) is 9.21. The average molecular weight is 271 g/mol. The van der Waals surface area contributed by atoms with E-state index in [0.717, 1.165) is 25.8 Å². The first-order valence-corrected chi connectivity index (χ1v) is 7.38. The minimum Gasteiger partial charge on any atom is -0.466 e.